The largest absolute Gasteiger partial charge is 0.493 e. The van der Waals surface area contributed by atoms with Gasteiger partial charge in [0.15, 0.2) is 11.5 Å². The highest BCUT2D eigenvalue weighted by Crippen LogP contribution is 2.28. The Hall–Kier alpha value is -2.97. The molecule has 31 heavy (non-hydrogen) atoms. The third-order valence-corrected chi connectivity index (χ3v) is 4.81. The van der Waals surface area contributed by atoms with Crippen molar-refractivity contribution in [1.29, 1.82) is 0 Å². The second-order valence-electron chi connectivity index (χ2n) is 8.44. The molecule has 9 nitrogen and oxygen atoms in total. The molecule has 0 bridgehead atoms. The maximum atomic E-state index is 12.6. The van der Waals surface area contributed by atoms with Gasteiger partial charge in [-0.05, 0) is 51.3 Å². The number of hydrogen-bond donors (Lipinski definition) is 2. The van der Waals surface area contributed by atoms with Crippen molar-refractivity contribution in [3.8, 4) is 11.5 Å². The number of ether oxygens (including phenoxy) is 3. The Morgan fingerprint density at radius 2 is 1.71 bits per heavy atom. The van der Waals surface area contributed by atoms with Gasteiger partial charge in [-0.1, -0.05) is 6.07 Å². The van der Waals surface area contributed by atoms with Gasteiger partial charge in [-0.15, -0.1) is 0 Å². The highest BCUT2D eigenvalue weighted by molar-refractivity contribution is 5.82. The Kier molecular flexibility index (Phi) is 8.53. The fourth-order valence-electron chi connectivity index (χ4n) is 3.30. The number of nitrogens with zero attached hydrogens (tertiary/aromatic N) is 1. The summed E-state index contributed by atoms with van der Waals surface area (Å²) in [6.07, 6.45) is 0.973. The van der Waals surface area contributed by atoms with E-state index in [1.807, 2.05) is 6.07 Å². The Morgan fingerprint density at radius 3 is 2.29 bits per heavy atom. The molecule has 9 heteroatoms. The summed E-state index contributed by atoms with van der Waals surface area (Å²) in [5.74, 6) is 0.968. The van der Waals surface area contributed by atoms with Gasteiger partial charge in [-0.2, -0.15) is 0 Å². The first-order chi connectivity index (χ1) is 14.6. The van der Waals surface area contributed by atoms with E-state index in [9.17, 15) is 14.4 Å². The molecule has 1 aliphatic rings. The number of piperidine rings is 1. The van der Waals surface area contributed by atoms with Gasteiger partial charge in [-0.25, -0.2) is 4.79 Å². The average molecular weight is 436 g/mol. The van der Waals surface area contributed by atoms with E-state index in [2.05, 4.69) is 10.6 Å². The molecule has 3 amide bonds. The topological polar surface area (TPSA) is 106 Å². The predicted octanol–water partition coefficient (Wildman–Crippen LogP) is 1.88. The van der Waals surface area contributed by atoms with E-state index in [0.717, 1.165) is 5.56 Å². The van der Waals surface area contributed by atoms with E-state index in [1.54, 1.807) is 52.0 Å². The van der Waals surface area contributed by atoms with Crippen molar-refractivity contribution in [3.05, 3.63) is 23.8 Å². The fourth-order valence-corrected chi connectivity index (χ4v) is 3.30. The van der Waals surface area contributed by atoms with Crippen LogP contribution in [-0.2, 0) is 20.7 Å². The number of likely N-dealkylation sites (tertiary alicyclic amines) is 1. The highest BCUT2D eigenvalue weighted by atomic mass is 16.6. The SMILES string of the molecule is COc1ccc(CC(=O)N2CCC(NC(=O)CNC(=O)OC(C)(C)C)CC2)cc1OC. The minimum atomic E-state index is -0.627. The molecule has 1 aliphatic heterocycles. The van der Waals surface area contributed by atoms with Crippen LogP contribution in [0.4, 0.5) is 4.79 Å². The Labute approximate surface area is 183 Å². The van der Waals surface area contributed by atoms with Crippen LogP contribution >= 0.6 is 0 Å². The summed E-state index contributed by atoms with van der Waals surface area (Å²) in [7, 11) is 3.13. The van der Waals surface area contributed by atoms with Gasteiger partial charge in [0, 0.05) is 19.1 Å². The number of benzene rings is 1. The molecule has 2 rings (SSSR count). The summed E-state index contributed by atoms with van der Waals surface area (Å²) in [6, 6.07) is 5.41. The van der Waals surface area contributed by atoms with E-state index in [0.29, 0.717) is 37.4 Å². The molecule has 2 N–H and O–H groups in total. The monoisotopic (exact) mass is 435 g/mol. The molecule has 1 fully saturated rings. The van der Waals surface area contributed by atoms with Crippen LogP contribution in [-0.4, -0.2) is 68.3 Å². The zero-order valence-electron chi connectivity index (χ0n) is 18.9. The van der Waals surface area contributed by atoms with Gasteiger partial charge in [0.25, 0.3) is 0 Å². The van der Waals surface area contributed by atoms with Gasteiger partial charge in [0.05, 0.1) is 20.6 Å². The maximum Gasteiger partial charge on any atom is 0.408 e. The van der Waals surface area contributed by atoms with Crippen LogP contribution < -0.4 is 20.1 Å². The molecule has 0 aromatic heterocycles. The van der Waals surface area contributed by atoms with Crippen molar-refractivity contribution in [2.45, 2.75) is 51.7 Å². The van der Waals surface area contributed by atoms with Crippen molar-refractivity contribution in [1.82, 2.24) is 15.5 Å². The third-order valence-electron chi connectivity index (χ3n) is 4.81. The normalized spacial score (nSPS) is 14.5. The van der Waals surface area contributed by atoms with Crippen LogP contribution in [0.1, 0.15) is 39.2 Å². The fraction of sp³-hybridized carbons (Fsp3) is 0.591. The molecule has 1 saturated heterocycles. The Balaban J connectivity index is 1.75. The van der Waals surface area contributed by atoms with Crippen LogP contribution in [0, 0.1) is 0 Å². The number of nitrogens with one attached hydrogen (secondary N) is 2. The summed E-state index contributed by atoms with van der Waals surface area (Å²) >= 11 is 0. The molecule has 0 saturated carbocycles. The van der Waals surface area contributed by atoms with E-state index in [4.69, 9.17) is 14.2 Å². The van der Waals surface area contributed by atoms with Crippen molar-refractivity contribution in [3.63, 3.8) is 0 Å². The van der Waals surface area contributed by atoms with Crippen molar-refractivity contribution in [2.75, 3.05) is 33.9 Å². The van der Waals surface area contributed by atoms with E-state index < -0.39 is 11.7 Å². The second kappa shape index (κ2) is 10.9. The zero-order valence-corrected chi connectivity index (χ0v) is 18.9. The lowest BCUT2D eigenvalue weighted by Gasteiger charge is -2.32. The van der Waals surface area contributed by atoms with E-state index in [-0.39, 0.29) is 30.8 Å². The summed E-state index contributed by atoms with van der Waals surface area (Å²) in [5, 5.41) is 5.34. The number of methoxy groups -OCH3 is 2. The summed E-state index contributed by atoms with van der Waals surface area (Å²) in [4.78, 5) is 38.1. The van der Waals surface area contributed by atoms with E-state index in [1.165, 1.54) is 0 Å². The average Bonchev–Trinajstić information content (AvgIpc) is 2.71. The number of amides is 3. The van der Waals surface area contributed by atoms with Gasteiger partial charge in [-0.3, -0.25) is 9.59 Å². The molecule has 0 atom stereocenters. The molecule has 0 unspecified atom stereocenters. The van der Waals surface area contributed by atoms with Crippen LogP contribution in [0.15, 0.2) is 18.2 Å². The minimum Gasteiger partial charge on any atom is -0.493 e. The third kappa shape index (κ3) is 7.99. The van der Waals surface area contributed by atoms with Crippen LogP contribution in [0.2, 0.25) is 0 Å². The smallest absolute Gasteiger partial charge is 0.408 e. The predicted molar refractivity (Wildman–Crippen MR) is 115 cm³/mol. The molecular weight excluding hydrogens is 402 g/mol. The molecule has 1 heterocycles. The lowest BCUT2D eigenvalue weighted by molar-refractivity contribution is -0.131. The minimum absolute atomic E-state index is 0.0296. The summed E-state index contributed by atoms with van der Waals surface area (Å²) in [5.41, 5.74) is 0.239. The Morgan fingerprint density at radius 1 is 1.06 bits per heavy atom. The van der Waals surface area contributed by atoms with Gasteiger partial charge < -0.3 is 29.7 Å². The van der Waals surface area contributed by atoms with Gasteiger partial charge in [0.2, 0.25) is 11.8 Å². The molecule has 0 aliphatic carbocycles. The molecule has 1 aromatic rings. The van der Waals surface area contributed by atoms with Crippen LogP contribution in [0.25, 0.3) is 0 Å². The lowest BCUT2D eigenvalue weighted by atomic mass is 10.0. The zero-order chi connectivity index (χ0) is 23.0. The summed E-state index contributed by atoms with van der Waals surface area (Å²) < 4.78 is 15.6. The molecule has 172 valence electrons. The van der Waals surface area contributed by atoms with Crippen LogP contribution in [0.3, 0.4) is 0 Å². The maximum absolute atomic E-state index is 12.6. The summed E-state index contributed by atoms with van der Waals surface area (Å²) in [6.45, 7) is 6.26. The second-order valence-corrected chi connectivity index (χ2v) is 8.44. The number of hydrogen-bond acceptors (Lipinski definition) is 6. The van der Waals surface area contributed by atoms with Crippen LogP contribution in [0.5, 0.6) is 11.5 Å². The standard InChI is InChI=1S/C22H33N3O6/c1-22(2,3)31-21(28)23-14-19(26)24-16-8-10-25(11-9-16)20(27)13-15-6-7-17(29-4)18(12-15)30-5/h6-7,12,16H,8-11,13-14H2,1-5H3,(H,23,28)(H,24,26). The van der Waals surface area contributed by atoms with Crippen molar-refractivity contribution >= 4 is 17.9 Å². The van der Waals surface area contributed by atoms with E-state index >= 15 is 0 Å². The first-order valence-corrected chi connectivity index (χ1v) is 10.4. The number of alkyl carbamates (subject to hydrolysis) is 1. The number of carbonyl (C=O) groups is 3. The molecule has 0 radical (unpaired) electrons. The lowest BCUT2D eigenvalue weighted by Crippen LogP contribution is -2.49. The van der Waals surface area contributed by atoms with Crippen molar-refractivity contribution < 1.29 is 28.6 Å². The highest BCUT2D eigenvalue weighted by Gasteiger charge is 2.24. The van der Waals surface area contributed by atoms with Gasteiger partial charge >= 0.3 is 6.09 Å². The number of rotatable bonds is 7. The molecular formula is C22H33N3O6. The quantitative estimate of drug-likeness (QED) is 0.677. The Bertz CT molecular complexity index is 782. The molecule has 1 aromatic carbocycles. The first-order valence-electron chi connectivity index (χ1n) is 10.4. The van der Waals surface area contributed by atoms with Crippen molar-refractivity contribution in [2.24, 2.45) is 0 Å². The first kappa shape index (κ1) is 24.3. The molecule has 0 spiro atoms. The number of carbonyl (C=O) groups excluding carboxylic acids is 3. The van der Waals surface area contributed by atoms with Gasteiger partial charge in [0.1, 0.15) is 12.1 Å².